The average molecular weight is 161 g/mol. The minimum absolute atomic E-state index is 0.995. The van der Waals surface area contributed by atoms with Crippen LogP contribution in [0.4, 0.5) is 4.39 Å². The van der Waals surface area contributed by atoms with Crippen LogP contribution in [0.15, 0.2) is 24.3 Å². The van der Waals surface area contributed by atoms with E-state index in [4.69, 9.17) is 0 Å². The quantitative estimate of drug-likeness (QED) is 0.531. The highest BCUT2D eigenvalue weighted by Crippen LogP contribution is 2.12. The van der Waals surface area contributed by atoms with Crippen molar-refractivity contribution in [2.75, 3.05) is 0 Å². The Balaban J connectivity index is 2.70. The summed E-state index contributed by atoms with van der Waals surface area (Å²) in [5.74, 6) is 0. The third kappa shape index (κ3) is 1.52. The largest absolute Gasteiger partial charge is 0.772 e. The zero-order valence-corrected chi connectivity index (χ0v) is 5.88. The van der Waals surface area contributed by atoms with Crippen LogP contribution >= 0.6 is 0 Å². The fraction of sp³-hybridized carbons (Fsp3) is 0.333. The van der Waals surface area contributed by atoms with Gasteiger partial charge in [0.2, 0.25) is 0 Å². The van der Waals surface area contributed by atoms with Crippen LogP contribution in [-0.2, 0) is 11.1 Å². The van der Waals surface area contributed by atoms with E-state index in [-0.39, 0.29) is 0 Å². The van der Waals surface area contributed by atoms with Crippen molar-refractivity contribution < 1.29 is 13.2 Å². The Labute approximate surface area is 60.7 Å². The molecule has 0 amide bonds. The third-order valence-corrected chi connectivity index (χ3v) is 2.10. The van der Waals surface area contributed by atoms with Crippen LogP contribution in [0.5, 0.6) is 0 Å². The maximum absolute atomic E-state index is 12.6. The predicted molar refractivity (Wildman–Crippen MR) is 35.9 cm³/mol. The lowest BCUT2D eigenvalue weighted by molar-refractivity contribution is 0.393. The summed E-state index contributed by atoms with van der Waals surface area (Å²) in [5.41, 5.74) is 0. The molecule has 2 nitrogen and oxygen atoms in total. The third-order valence-electron chi connectivity index (χ3n) is 1.24. The Kier molecular flexibility index (Phi) is 2.34. The average Bonchev–Trinajstić information content (AvgIpc) is 1.88. The molecule has 0 saturated carbocycles. The van der Waals surface area contributed by atoms with Crippen molar-refractivity contribution in [2.45, 2.75) is 11.4 Å². The van der Waals surface area contributed by atoms with Crippen LogP contribution in [-0.4, -0.2) is 20.2 Å². The molecule has 3 atom stereocenters. The van der Waals surface area contributed by atoms with Crippen LogP contribution < -0.4 is 0 Å². The standard InChI is InChI=1S/C6H7FO2S/c7-5-3-1-2-4-6(5)10(8)9/h1-6H,(H,8,9)/p-1. The summed E-state index contributed by atoms with van der Waals surface area (Å²) in [6, 6.07) is 0. The molecule has 4 heteroatoms. The van der Waals surface area contributed by atoms with Gasteiger partial charge in [-0.25, -0.2) is 4.39 Å². The smallest absolute Gasteiger partial charge is 0.135 e. The van der Waals surface area contributed by atoms with Crippen molar-refractivity contribution in [3.8, 4) is 0 Å². The molecule has 0 bridgehead atoms. The van der Waals surface area contributed by atoms with Crippen LogP contribution in [0, 0.1) is 0 Å². The monoisotopic (exact) mass is 161 g/mol. The number of allylic oxidation sites excluding steroid dienone is 3. The molecule has 0 aliphatic heterocycles. The van der Waals surface area contributed by atoms with Crippen molar-refractivity contribution >= 4 is 11.1 Å². The fourth-order valence-corrected chi connectivity index (χ4v) is 1.25. The van der Waals surface area contributed by atoms with Gasteiger partial charge in [-0.05, 0) is 17.2 Å². The molecule has 0 aromatic carbocycles. The zero-order chi connectivity index (χ0) is 7.56. The van der Waals surface area contributed by atoms with Gasteiger partial charge in [0.15, 0.2) is 0 Å². The minimum atomic E-state index is -2.35. The molecular weight excluding hydrogens is 155 g/mol. The van der Waals surface area contributed by atoms with Gasteiger partial charge in [0, 0.05) is 0 Å². The minimum Gasteiger partial charge on any atom is -0.772 e. The highest BCUT2D eigenvalue weighted by Gasteiger charge is 2.17. The Morgan fingerprint density at radius 3 is 2.40 bits per heavy atom. The lowest BCUT2D eigenvalue weighted by Crippen LogP contribution is -2.24. The molecule has 0 aromatic rings. The van der Waals surface area contributed by atoms with E-state index in [2.05, 4.69) is 0 Å². The van der Waals surface area contributed by atoms with Gasteiger partial charge in [-0.2, -0.15) is 0 Å². The number of rotatable bonds is 1. The first-order chi connectivity index (χ1) is 4.72. The van der Waals surface area contributed by atoms with E-state index in [9.17, 15) is 13.2 Å². The van der Waals surface area contributed by atoms with Crippen molar-refractivity contribution in [1.29, 1.82) is 0 Å². The molecule has 1 rings (SSSR count). The second-order valence-electron chi connectivity index (χ2n) is 1.94. The topological polar surface area (TPSA) is 40.1 Å². The molecule has 3 unspecified atom stereocenters. The van der Waals surface area contributed by atoms with Crippen molar-refractivity contribution in [3.63, 3.8) is 0 Å². The molecule has 0 fully saturated rings. The Morgan fingerprint density at radius 2 is 2.00 bits per heavy atom. The van der Waals surface area contributed by atoms with Gasteiger partial charge in [0.1, 0.15) is 6.17 Å². The first-order valence-corrected chi connectivity index (χ1v) is 3.93. The number of hydrogen-bond donors (Lipinski definition) is 0. The van der Waals surface area contributed by atoms with Crippen molar-refractivity contribution in [1.82, 2.24) is 0 Å². The predicted octanol–water partition coefficient (Wildman–Crippen LogP) is 0.698. The number of alkyl halides is 1. The highest BCUT2D eigenvalue weighted by molar-refractivity contribution is 7.80. The van der Waals surface area contributed by atoms with E-state index in [1.54, 1.807) is 0 Å². The molecule has 1 aliphatic rings. The maximum Gasteiger partial charge on any atom is 0.135 e. The zero-order valence-electron chi connectivity index (χ0n) is 5.07. The molecule has 0 spiro atoms. The Bertz CT molecular complexity index is 200. The van der Waals surface area contributed by atoms with E-state index >= 15 is 0 Å². The maximum atomic E-state index is 12.6. The summed E-state index contributed by atoms with van der Waals surface area (Å²) in [5, 5.41) is -0.995. The van der Waals surface area contributed by atoms with Gasteiger partial charge in [-0.3, -0.25) is 4.21 Å². The van der Waals surface area contributed by atoms with Gasteiger partial charge < -0.3 is 4.55 Å². The lowest BCUT2D eigenvalue weighted by Gasteiger charge is -2.19. The van der Waals surface area contributed by atoms with Gasteiger partial charge >= 0.3 is 0 Å². The highest BCUT2D eigenvalue weighted by atomic mass is 32.2. The molecule has 0 saturated heterocycles. The van der Waals surface area contributed by atoms with E-state index in [1.807, 2.05) is 0 Å². The van der Waals surface area contributed by atoms with Crippen LogP contribution in [0.2, 0.25) is 0 Å². The molecule has 0 heterocycles. The second-order valence-corrected chi connectivity index (χ2v) is 3.00. The van der Waals surface area contributed by atoms with Crippen molar-refractivity contribution in [3.05, 3.63) is 24.3 Å². The first-order valence-electron chi connectivity index (χ1n) is 2.79. The van der Waals surface area contributed by atoms with Gasteiger partial charge in [0.25, 0.3) is 0 Å². The van der Waals surface area contributed by atoms with E-state index in [0.29, 0.717) is 0 Å². The van der Waals surface area contributed by atoms with Gasteiger partial charge in [0.05, 0.1) is 5.25 Å². The van der Waals surface area contributed by atoms with E-state index in [1.165, 1.54) is 24.3 Å². The summed E-state index contributed by atoms with van der Waals surface area (Å²) in [6.45, 7) is 0. The van der Waals surface area contributed by atoms with Crippen LogP contribution in [0.3, 0.4) is 0 Å². The molecule has 0 aromatic heterocycles. The molecule has 10 heavy (non-hydrogen) atoms. The summed E-state index contributed by atoms with van der Waals surface area (Å²) in [7, 11) is 0. The van der Waals surface area contributed by atoms with Crippen LogP contribution in [0.1, 0.15) is 0 Å². The lowest BCUT2D eigenvalue weighted by atomic mass is 10.2. The Hall–Kier alpha value is -0.480. The first kappa shape index (κ1) is 7.63. The summed E-state index contributed by atoms with van der Waals surface area (Å²) in [4.78, 5) is 0. The Morgan fingerprint density at radius 1 is 1.40 bits per heavy atom. The molecule has 0 radical (unpaired) electrons. The summed E-state index contributed by atoms with van der Waals surface area (Å²) in [6.07, 6.45) is 4.18. The summed E-state index contributed by atoms with van der Waals surface area (Å²) < 4.78 is 33.0. The van der Waals surface area contributed by atoms with E-state index in [0.717, 1.165) is 0 Å². The SMILES string of the molecule is O=S([O-])C1C=CC=CC1F. The molecule has 0 N–H and O–H groups in total. The van der Waals surface area contributed by atoms with Gasteiger partial charge in [-0.1, -0.05) is 18.2 Å². The number of hydrogen-bond acceptors (Lipinski definition) is 2. The molecule has 56 valence electrons. The normalized spacial score (nSPS) is 34.2. The van der Waals surface area contributed by atoms with Crippen LogP contribution in [0.25, 0.3) is 0 Å². The molecular formula is C6H6FO2S-. The van der Waals surface area contributed by atoms with Gasteiger partial charge in [-0.15, -0.1) is 0 Å². The van der Waals surface area contributed by atoms with E-state index < -0.39 is 22.5 Å². The molecule has 1 aliphatic carbocycles. The summed E-state index contributed by atoms with van der Waals surface area (Å²) >= 11 is -2.35. The second kappa shape index (κ2) is 3.07. The fourth-order valence-electron chi connectivity index (χ4n) is 0.730. The van der Waals surface area contributed by atoms with Crippen molar-refractivity contribution in [2.24, 2.45) is 0 Å². The number of halogens is 1.